The minimum Gasteiger partial charge on any atom is -0.397 e. The van der Waals surface area contributed by atoms with E-state index < -0.39 is 0 Å². The van der Waals surface area contributed by atoms with Gasteiger partial charge in [0.25, 0.3) is 0 Å². The Morgan fingerprint density at radius 1 is 1.45 bits per heavy atom. The molecule has 2 rings (SSSR count). The van der Waals surface area contributed by atoms with Gasteiger partial charge in [-0.2, -0.15) is 0 Å². The van der Waals surface area contributed by atoms with Gasteiger partial charge in [0.05, 0.1) is 5.69 Å². The number of nitrogens with two attached hydrogens (primary N) is 1. The molecule has 4 heteroatoms. The normalized spacial score (nSPS) is 10.6. The monoisotopic (exact) mass is 148 g/mol. The molecule has 2 aromatic rings. The fraction of sp³-hybridized carbons (Fsp3) is 0.143. The zero-order valence-electron chi connectivity index (χ0n) is 6.13. The van der Waals surface area contributed by atoms with Crippen molar-refractivity contribution < 1.29 is 0 Å². The van der Waals surface area contributed by atoms with Crippen molar-refractivity contribution in [2.75, 3.05) is 5.73 Å². The number of rotatable bonds is 0. The third-order valence-corrected chi connectivity index (χ3v) is 1.61. The van der Waals surface area contributed by atoms with Crippen LogP contribution < -0.4 is 5.73 Å². The predicted octanol–water partition coefficient (Wildman–Crippen LogP) is 0.849. The molecule has 0 unspecified atom stereocenters. The van der Waals surface area contributed by atoms with E-state index in [1.807, 2.05) is 19.1 Å². The third kappa shape index (κ3) is 0.832. The van der Waals surface area contributed by atoms with Crippen molar-refractivity contribution in [2.45, 2.75) is 6.92 Å². The number of aromatic amines is 1. The highest BCUT2D eigenvalue weighted by atomic mass is 15.3. The molecule has 0 atom stereocenters. The number of benzene rings is 1. The number of H-pyrrole nitrogens is 1. The van der Waals surface area contributed by atoms with E-state index in [9.17, 15) is 0 Å². The molecule has 0 saturated carbocycles. The van der Waals surface area contributed by atoms with Gasteiger partial charge in [0, 0.05) is 0 Å². The van der Waals surface area contributed by atoms with Gasteiger partial charge in [0.2, 0.25) is 0 Å². The molecule has 56 valence electrons. The molecule has 0 aliphatic heterocycles. The van der Waals surface area contributed by atoms with Crippen molar-refractivity contribution in [3.05, 3.63) is 17.7 Å². The maximum Gasteiger partial charge on any atom is 0.115 e. The van der Waals surface area contributed by atoms with E-state index in [1.54, 1.807) is 0 Å². The number of fused-ring (bicyclic) bond motifs is 1. The maximum atomic E-state index is 5.69. The predicted molar refractivity (Wildman–Crippen MR) is 43.0 cm³/mol. The lowest BCUT2D eigenvalue weighted by molar-refractivity contribution is 0.959. The zero-order valence-corrected chi connectivity index (χ0v) is 6.13. The molecule has 0 aliphatic rings. The van der Waals surface area contributed by atoms with Gasteiger partial charge in [-0.1, -0.05) is 5.21 Å². The third-order valence-electron chi connectivity index (χ3n) is 1.61. The quantitative estimate of drug-likeness (QED) is 0.544. The lowest BCUT2D eigenvalue weighted by Crippen LogP contribution is -1.87. The van der Waals surface area contributed by atoms with Crippen LogP contribution in [-0.4, -0.2) is 15.4 Å². The van der Waals surface area contributed by atoms with E-state index >= 15 is 0 Å². The molecule has 1 aromatic carbocycles. The van der Waals surface area contributed by atoms with Gasteiger partial charge in [0.1, 0.15) is 11.0 Å². The number of nitrogen functional groups attached to an aromatic ring is 1. The van der Waals surface area contributed by atoms with Gasteiger partial charge >= 0.3 is 0 Å². The number of aromatic nitrogens is 3. The molecule has 0 aliphatic carbocycles. The first-order valence-corrected chi connectivity index (χ1v) is 3.34. The van der Waals surface area contributed by atoms with Gasteiger partial charge in [-0.25, -0.2) is 0 Å². The van der Waals surface area contributed by atoms with Crippen molar-refractivity contribution in [1.82, 2.24) is 15.4 Å². The van der Waals surface area contributed by atoms with E-state index in [4.69, 9.17) is 5.73 Å². The summed E-state index contributed by atoms with van der Waals surface area (Å²) in [5.41, 5.74) is 9.13. The number of hydrogen-bond acceptors (Lipinski definition) is 3. The molecular weight excluding hydrogens is 140 g/mol. The van der Waals surface area contributed by atoms with Crippen molar-refractivity contribution in [3.8, 4) is 0 Å². The standard InChI is InChI=1S/C7H8N4/c1-4-2-5(8)7-6(3-4)9-11-10-7/h2-3H,8H2,1H3,(H,9,10,11). The molecule has 3 N–H and O–H groups in total. The number of nitrogens with zero attached hydrogens (tertiary/aromatic N) is 2. The van der Waals surface area contributed by atoms with Gasteiger partial charge in [-0.3, -0.25) is 5.10 Å². The van der Waals surface area contributed by atoms with Gasteiger partial charge in [0.15, 0.2) is 0 Å². The number of hydrogen-bond donors (Lipinski definition) is 2. The molecule has 4 nitrogen and oxygen atoms in total. The summed E-state index contributed by atoms with van der Waals surface area (Å²) in [6.07, 6.45) is 0. The molecule has 0 bridgehead atoms. The van der Waals surface area contributed by atoms with Crippen LogP contribution in [0.15, 0.2) is 12.1 Å². The summed E-state index contributed by atoms with van der Waals surface area (Å²) in [5.74, 6) is 0. The molecule has 0 saturated heterocycles. The maximum absolute atomic E-state index is 5.69. The Morgan fingerprint density at radius 3 is 3.09 bits per heavy atom. The van der Waals surface area contributed by atoms with Crippen LogP contribution in [0.1, 0.15) is 5.56 Å². The van der Waals surface area contributed by atoms with Crippen LogP contribution in [0.2, 0.25) is 0 Å². The first-order chi connectivity index (χ1) is 5.27. The summed E-state index contributed by atoms with van der Waals surface area (Å²) in [7, 11) is 0. The summed E-state index contributed by atoms with van der Waals surface area (Å²) < 4.78 is 0. The molecule has 1 heterocycles. The largest absolute Gasteiger partial charge is 0.397 e. The van der Waals surface area contributed by atoms with Crippen LogP contribution in [0.3, 0.4) is 0 Å². The highest BCUT2D eigenvalue weighted by Crippen LogP contribution is 2.17. The summed E-state index contributed by atoms with van der Waals surface area (Å²) in [4.78, 5) is 0. The van der Waals surface area contributed by atoms with Crippen LogP contribution >= 0.6 is 0 Å². The smallest absolute Gasteiger partial charge is 0.115 e. The summed E-state index contributed by atoms with van der Waals surface area (Å²) in [6.45, 7) is 1.98. The summed E-state index contributed by atoms with van der Waals surface area (Å²) in [5, 5.41) is 10.2. The molecule has 11 heavy (non-hydrogen) atoms. The molecule has 0 radical (unpaired) electrons. The second-order valence-electron chi connectivity index (χ2n) is 2.56. The molecule has 0 amide bonds. The minimum absolute atomic E-state index is 0.699. The van der Waals surface area contributed by atoms with Crippen LogP contribution in [0.4, 0.5) is 5.69 Å². The van der Waals surface area contributed by atoms with Crippen molar-refractivity contribution in [3.63, 3.8) is 0 Å². The molecule has 0 fully saturated rings. The Hall–Kier alpha value is -1.58. The lowest BCUT2D eigenvalue weighted by atomic mass is 10.2. The summed E-state index contributed by atoms with van der Waals surface area (Å²) in [6, 6.07) is 3.83. The van der Waals surface area contributed by atoms with Crippen molar-refractivity contribution in [2.24, 2.45) is 0 Å². The van der Waals surface area contributed by atoms with E-state index in [-0.39, 0.29) is 0 Å². The zero-order chi connectivity index (χ0) is 7.84. The Kier molecular flexibility index (Phi) is 1.09. The highest BCUT2D eigenvalue weighted by molar-refractivity contribution is 5.86. The van der Waals surface area contributed by atoms with Crippen molar-refractivity contribution in [1.29, 1.82) is 0 Å². The Balaban J connectivity index is 2.91. The number of anilines is 1. The Bertz CT molecular complexity index is 390. The van der Waals surface area contributed by atoms with Crippen LogP contribution in [0.25, 0.3) is 11.0 Å². The van der Waals surface area contributed by atoms with Crippen LogP contribution in [0.5, 0.6) is 0 Å². The van der Waals surface area contributed by atoms with Gasteiger partial charge in [-0.15, -0.1) is 5.10 Å². The first-order valence-electron chi connectivity index (χ1n) is 3.34. The van der Waals surface area contributed by atoms with Crippen molar-refractivity contribution >= 4 is 16.7 Å². The van der Waals surface area contributed by atoms with E-state index in [1.165, 1.54) is 0 Å². The second kappa shape index (κ2) is 1.95. The first kappa shape index (κ1) is 6.15. The minimum atomic E-state index is 0.699. The SMILES string of the molecule is Cc1cc(N)c2[nH]nnc2c1. The van der Waals surface area contributed by atoms with E-state index in [2.05, 4.69) is 15.4 Å². The average Bonchev–Trinajstić information content (AvgIpc) is 2.34. The van der Waals surface area contributed by atoms with Crippen LogP contribution in [-0.2, 0) is 0 Å². The Morgan fingerprint density at radius 2 is 2.27 bits per heavy atom. The lowest BCUT2D eigenvalue weighted by Gasteiger charge is -1.95. The second-order valence-corrected chi connectivity index (χ2v) is 2.56. The highest BCUT2D eigenvalue weighted by Gasteiger charge is 2.00. The van der Waals surface area contributed by atoms with Gasteiger partial charge in [-0.05, 0) is 24.6 Å². The number of nitrogens with one attached hydrogen (secondary N) is 1. The topological polar surface area (TPSA) is 67.6 Å². The fourth-order valence-electron chi connectivity index (χ4n) is 1.12. The van der Waals surface area contributed by atoms with E-state index in [0.29, 0.717) is 5.69 Å². The van der Waals surface area contributed by atoms with Crippen LogP contribution in [0, 0.1) is 6.92 Å². The summed E-state index contributed by atoms with van der Waals surface area (Å²) >= 11 is 0. The molecule has 1 aromatic heterocycles. The number of aryl methyl sites for hydroxylation is 1. The molecule has 0 spiro atoms. The van der Waals surface area contributed by atoms with Gasteiger partial charge < -0.3 is 5.73 Å². The van der Waals surface area contributed by atoms with E-state index in [0.717, 1.165) is 16.6 Å². The molecular formula is C7H8N4. The fourth-order valence-corrected chi connectivity index (χ4v) is 1.12. The Labute approximate surface area is 63.4 Å². The average molecular weight is 148 g/mol.